The fourth-order valence-corrected chi connectivity index (χ4v) is 3.17. The Bertz CT molecular complexity index is 1010. The molecule has 0 aliphatic heterocycles. The van der Waals surface area contributed by atoms with E-state index in [9.17, 15) is 9.59 Å². The molecule has 29 heavy (non-hydrogen) atoms. The van der Waals surface area contributed by atoms with Crippen LogP contribution in [0.4, 0.5) is 0 Å². The predicted molar refractivity (Wildman–Crippen MR) is 112 cm³/mol. The first kappa shape index (κ1) is 20.5. The van der Waals surface area contributed by atoms with Gasteiger partial charge in [-0.05, 0) is 43.2 Å². The largest absolute Gasteiger partial charge is 0.497 e. The number of rotatable bonds is 7. The topological polar surface area (TPSA) is 80.6 Å². The van der Waals surface area contributed by atoms with Crippen LogP contribution in [-0.2, 0) is 11.3 Å². The summed E-state index contributed by atoms with van der Waals surface area (Å²) in [6.45, 7) is 6.02. The van der Waals surface area contributed by atoms with Crippen molar-refractivity contribution in [2.24, 2.45) is 5.92 Å². The summed E-state index contributed by atoms with van der Waals surface area (Å²) in [5.74, 6) is 0.751. The smallest absolute Gasteiger partial charge is 0.251 e. The van der Waals surface area contributed by atoms with Gasteiger partial charge in [0, 0.05) is 16.5 Å². The lowest BCUT2D eigenvalue weighted by Crippen LogP contribution is -2.49. The Morgan fingerprint density at radius 2 is 1.76 bits per heavy atom. The first-order chi connectivity index (χ1) is 13.9. The van der Waals surface area contributed by atoms with Gasteiger partial charge in [-0.1, -0.05) is 32.0 Å². The van der Waals surface area contributed by atoms with Crippen molar-refractivity contribution in [2.75, 3.05) is 7.11 Å². The highest BCUT2D eigenvalue weighted by molar-refractivity contribution is 5.97. The number of carbonyl (C=O) groups is 2. The van der Waals surface area contributed by atoms with Crippen molar-refractivity contribution < 1.29 is 18.7 Å². The zero-order chi connectivity index (χ0) is 21.0. The average molecular weight is 394 g/mol. The van der Waals surface area contributed by atoms with Crippen molar-refractivity contribution in [1.82, 2.24) is 10.6 Å². The molecule has 2 N–H and O–H groups in total. The Balaban J connectivity index is 1.67. The Hall–Kier alpha value is -3.28. The van der Waals surface area contributed by atoms with Gasteiger partial charge in [-0.15, -0.1) is 0 Å². The summed E-state index contributed by atoms with van der Waals surface area (Å²) >= 11 is 0. The van der Waals surface area contributed by atoms with Crippen LogP contribution in [0.25, 0.3) is 11.0 Å². The second kappa shape index (κ2) is 8.82. The molecule has 152 valence electrons. The molecule has 6 nitrogen and oxygen atoms in total. The summed E-state index contributed by atoms with van der Waals surface area (Å²) in [5.41, 5.74) is 2.27. The highest BCUT2D eigenvalue weighted by Gasteiger charge is 2.25. The molecule has 1 aromatic heterocycles. The van der Waals surface area contributed by atoms with Gasteiger partial charge in [-0.3, -0.25) is 9.59 Å². The third-order valence-corrected chi connectivity index (χ3v) is 4.95. The molecule has 2 amide bonds. The van der Waals surface area contributed by atoms with Gasteiger partial charge >= 0.3 is 0 Å². The van der Waals surface area contributed by atoms with E-state index in [-0.39, 0.29) is 24.3 Å². The molecule has 0 fully saturated rings. The fraction of sp³-hybridized carbons (Fsp3) is 0.304. The highest BCUT2D eigenvalue weighted by atomic mass is 16.5. The number of para-hydroxylation sites is 1. The first-order valence-corrected chi connectivity index (χ1v) is 9.60. The molecular formula is C23H26N2O4. The Kier molecular flexibility index (Phi) is 6.22. The Morgan fingerprint density at radius 3 is 2.38 bits per heavy atom. The average Bonchev–Trinajstić information content (AvgIpc) is 3.05. The van der Waals surface area contributed by atoms with Crippen molar-refractivity contribution in [2.45, 2.75) is 33.4 Å². The predicted octanol–water partition coefficient (Wildman–Crippen LogP) is 3.82. The number of hydrogen-bond donors (Lipinski definition) is 2. The normalized spacial score (nSPS) is 12.0. The highest BCUT2D eigenvalue weighted by Crippen LogP contribution is 2.24. The second-order valence-electron chi connectivity index (χ2n) is 7.29. The minimum Gasteiger partial charge on any atom is -0.497 e. The second-order valence-corrected chi connectivity index (χ2v) is 7.29. The van der Waals surface area contributed by atoms with Gasteiger partial charge < -0.3 is 19.8 Å². The molecule has 3 rings (SSSR count). The SMILES string of the molecule is COc1ccc(C(=O)NC(C(=O)NCc2oc3ccccc3c2C)C(C)C)cc1. The van der Waals surface area contributed by atoms with Gasteiger partial charge in [0.15, 0.2) is 0 Å². The molecule has 0 saturated heterocycles. The maximum atomic E-state index is 12.8. The third kappa shape index (κ3) is 4.59. The monoisotopic (exact) mass is 394 g/mol. The molecule has 0 bridgehead atoms. The molecule has 0 aliphatic rings. The standard InChI is InChI=1S/C23H26N2O4/c1-14(2)21(25-22(26)16-9-11-17(28-4)12-10-16)23(27)24-13-20-15(3)18-7-5-6-8-19(18)29-20/h5-12,14,21H,13H2,1-4H3,(H,24,27)(H,25,26). The van der Waals surface area contributed by atoms with Crippen LogP contribution in [0.15, 0.2) is 52.9 Å². The summed E-state index contributed by atoms with van der Waals surface area (Å²) in [6.07, 6.45) is 0. The summed E-state index contributed by atoms with van der Waals surface area (Å²) in [4.78, 5) is 25.3. The van der Waals surface area contributed by atoms with Gasteiger partial charge in [-0.2, -0.15) is 0 Å². The van der Waals surface area contributed by atoms with E-state index >= 15 is 0 Å². The van der Waals surface area contributed by atoms with Crippen molar-refractivity contribution in [1.29, 1.82) is 0 Å². The molecule has 1 atom stereocenters. The van der Waals surface area contributed by atoms with Gasteiger partial charge in [-0.25, -0.2) is 0 Å². The molecule has 1 unspecified atom stereocenters. The zero-order valence-corrected chi connectivity index (χ0v) is 17.1. The van der Waals surface area contributed by atoms with Crippen LogP contribution in [0, 0.1) is 12.8 Å². The van der Waals surface area contributed by atoms with Crippen molar-refractivity contribution >= 4 is 22.8 Å². The van der Waals surface area contributed by atoms with Crippen LogP contribution < -0.4 is 15.4 Å². The van der Waals surface area contributed by atoms with Gasteiger partial charge in [0.05, 0.1) is 13.7 Å². The van der Waals surface area contributed by atoms with Crippen LogP contribution in [0.1, 0.15) is 35.5 Å². The number of nitrogens with one attached hydrogen (secondary N) is 2. The number of furan rings is 1. The van der Waals surface area contributed by atoms with E-state index in [2.05, 4.69) is 10.6 Å². The van der Waals surface area contributed by atoms with E-state index in [0.29, 0.717) is 17.1 Å². The van der Waals surface area contributed by atoms with Gasteiger partial charge in [0.1, 0.15) is 23.1 Å². The van der Waals surface area contributed by atoms with Crippen molar-refractivity contribution in [3.8, 4) is 5.75 Å². The maximum Gasteiger partial charge on any atom is 0.251 e. The van der Waals surface area contributed by atoms with Crippen LogP contribution in [0.2, 0.25) is 0 Å². The lowest BCUT2D eigenvalue weighted by atomic mass is 10.0. The van der Waals surface area contributed by atoms with E-state index in [1.807, 2.05) is 45.0 Å². The van der Waals surface area contributed by atoms with Crippen LogP contribution >= 0.6 is 0 Å². The number of ether oxygens (including phenoxy) is 1. The van der Waals surface area contributed by atoms with Crippen molar-refractivity contribution in [3.63, 3.8) is 0 Å². The molecule has 0 saturated carbocycles. The number of aryl methyl sites for hydroxylation is 1. The number of amides is 2. The van der Waals surface area contributed by atoms with Gasteiger partial charge in [0.25, 0.3) is 5.91 Å². The Morgan fingerprint density at radius 1 is 1.07 bits per heavy atom. The number of fused-ring (bicyclic) bond motifs is 1. The van der Waals surface area contributed by atoms with E-state index in [0.717, 1.165) is 16.5 Å². The van der Waals surface area contributed by atoms with Crippen LogP contribution in [0.5, 0.6) is 5.75 Å². The molecule has 2 aromatic carbocycles. The number of benzene rings is 2. The lowest BCUT2D eigenvalue weighted by molar-refractivity contribution is -0.124. The number of methoxy groups -OCH3 is 1. The Labute approximate surface area is 170 Å². The number of carbonyl (C=O) groups excluding carboxylic acids is 2. The summed E-state index contributed by atoms with van der Waals surface area (Å²) in [7, 11) is 1.57. The van der Waals surface area contributed by atoms with E-state index in [4.69, 9.17) is 9.15 Å². The van der Waals surface area contributed by atoms with E-state index in [1.54, 1.807) is 31.4 Å². The third-order valence-electron chi connectivity index (χ3n) is 4.95. The zero-order valence-electron chi connectivity index (χ0n) is 17.1. The molecular weight excluding hydrogens is 368 g/mol. The first-order valence-electron chi connectivity index (χ1n) is 9.60. The van der Waals surface area contributed by atoms with E-state index in [1.165, 1.54) is 0 Å². The maximum absolute atomic E-state index is 12.8. The molecule has 0 spiro atoms. The molecule has 0 radical (unpaired) electrons. The van der Waals surface area contributed by atoms with E-state index < -0.39 is 6.04 Å². The molecule has 0 aliphatic carbocycles. The van der Waals surface area contributed by atoms with Crippen molar-refractivity contribution in [3.05, 3.63) is 65.4 Å². The lowest BCUT2D eigenvalue weighted by Gasteiger charge is -2.21. The fourth-order valence-electron chi connectivity index (χ4n) is 3.17. The van der Waals surface area contributed by atoms with Crippen LogP contribution in [0.3, 0.4) is 0 Å². The van der Waals surface area contributed by atoms with Gasteiger partial charge in [0.2, 0.25) is 5.91 Å². The minimum absolute atomic E-state index is 0.0750. The number of hydrogen-bond acceptors (Lipinski definition) is 4. The summed E-state index contributed by atoms with van der Waals surface area (Å²) < 4.78 is 11.0. The molecule has 3 aromatic rings. The molecule has 1 heterocycles. The minimum atomic E-state index is -0.658. The van der Waals surface area contributed by atoms with Crippen LogP contribution in [-0.4, -0.2) is 25.0 Å². The molecule has 6 heteroatoms. The summed E-state index contributed by atoms with van der Waals surface area (Å²) in [6, 6.07) is 13.9. The quantitative estimate of drug-likeness (QED) is 0.638. The summed E-state index contributed by atoms with van der Waals surface area (Å²) in [5, 5.41) is 6.75.